The topological polar surface area (TPSA) is 95.0 Å². The van der Waals surface area contributed by atoms with Gasteiger partial charge >= 0.3 is 12.6 Å². The van der Waals surface area contributed by atoms with Crippen LogP contribution < -0.4 is 9.47 Å². The first-order valence-electron chi connectivity index (χ1n) is 11.4. The molecule has 208 valence electrons. The molecule has 3 aromatic rings. The highest BCUT2D eigenvalue weighted by Crippen LogP contribution is 2.38. The van der Waals surface area contributed by atoms with Crippen LogP contribution in [0.25, 0.3) is 0 Å². The molecule has 0 aliphatic carbocycles. The Morgan fingerprint density at radius 1 is 1.13 bits per heavy atom. The van der Waals surface area contributed by atoms with Gasteiger partial charge in [-0.15, -0.1) is 11.8 Å². The van der Waals surface area contributed by atoms with E-state index in [1.165, 1.54) is 49.8 Å². The molecule has 0 radical (unpaired) electrons. The van der Waals surface area contributed by atoms with Gasteiger partial charge in [0.2, 0.25) is 10.0 Å². The maximum Gasteiger partial charge on any atom is 0.387 e. The molecule has 1 aliphatic heterocycles. The van der Waals surface area contributed by atoms with Crippen molar-refractivity contribution in [2.45, 2.75) is 29.4 Å². The van der Waals surface area contributed by atoms with Gasteiger partial charge in [0.25, 0.3) is 0 Å². The van der Waals surface area contributed by atoms with E-state index >= 15 is 0 Å². The van der Waals surface area contributed by atoms with Crippen molar-refractivity contribution in [3.05, 3.63) is 82.1 Å². The monoisotopic (exact) mass is 618 g/mol. The van der Waals surface area contributed by atoms with Gasteiger partial charge in [-0.25, -0.2) is 13.2 Å². The van der Waals surface area contributed by atoms with Crippen molar-refractivity contribution in [3.8, 4) is 11.5 Å². The molecule has 0 spiro atoms. The minimum Gasteiger partial charge on any atom is -0.493 e. The van der Waals surface area contributed by atoms with Crippen LogP contribution in [0.2, 0.25) is 10.0 Å². The average Bonchev–Trinajstić information content (AvgIpc) is 3.42. The van der Waals surface area contributed by atoms with Crippen molar-refractivity contribution in [1.29, 1.82) is 0 Å². The standard InChI is InChI=1S/C25H22Cl2F2N2O6S2/c1-35-22-11-15(7-8-20(22)37-25(28)29)21(12-17-18(26)13-30-14-19(17)27)36-24(32)23-31(9-10-38-23)39(33,34)16-5-3-2-4-6-16/h2-8,11,13-14,21,23,25H,9-10,12H2,1H3/t21-,23-/m0/s1. The number of carbonyl (C=O) groups excluding carboxylic acids is 1. The zero-order chi connectivity index (χ0) is 28.2. The number of sulfonamides is 1. The number of hydrogen-bond acceptors (Lipinski definition) is 8. The molecule has 1 saturated heterocycles. The third-order valence-corrected chi connectivity index (χ3v) is 9.62. The van der Waals surface area contributed by atoms with Gasteiger partial charge < -0.3 is 14.2 Å². The lowest BCUT2D eigenvalue weighted by Crippen LogP contribution is -2.40. The van der Waals surface area contributed by atoms with Crippen molar-refractivity contribution in [1.82, 2.24) is 9.29 Å². The Kier molecular flexibility index (Phi) is 9.55. The summed E-state index contributed by atoms with van der Waals surface area (Å²) in [5.74, 6) is -0.668. The van der Waals surface area contributed by atoms with Crippen LogP contribution in [0, 0.1) is 0 Å². The number of benzene rings is 2. The van der Waals surface area contributed by atoms with Crippen molar-refractivity contribution < 1.29 is 36.2 Å². The van der Waals surface area contributed by atoms with E-state index in [1.807, 2.05) is 0 Å². The number of carbonyl (C=O) groups is 1. The number of rotatable bonds is 10. The fourth-order valence-electron chi connectivity index (χ4n) is 3.94. The zero-order valence-electron chi connectivity index (χ0n) is 20.3. The molecule has 4 rings (SSSR count). The molecular weight excluding hydrogens is 597 g/mol. The van der Waals surface area contributed by atoms with Crippen LogP contribution in [0.4, 0.5) is 8.78 Å². The Balaban J connectivity index is 1.67. The molecule has 1 aromatic heterocycles. The van der Waals surface area contributed by atoms with Gasteiger partial charge in [-0.3, -0.25) is 4.98 Å². The second-order valence-electron chi connectivity index (χ2n) is 8.15. The summed E-state index contributed by atoms with van der Waals surface area (Å²) in [7, 11) is -2.71. The predicted octanol–water partition coefficient (Wildman–Crippen LogP) is 5.59. The number of alkyl halides is 2. The number of esters is 1. The van der Waals surface area contributed by atoms with Gasteiger partial charge in [-0.1, -0.05) is 47.5 Å². The third-order valence-electron chi connectivity index (χ3n) is 5.78. The van der Waals surface area contributed by atoms with Crippen molar-refractivity contribution in [3.63, 3.8) is 0 Å². The van der Waals surface area contributed by atoms with Crippen LogP contribution >= 0.6 is 35.0 Å². The number of pyridine rings is 1. The maximum atomic E-state index is 13.5. The van der Waals surface area contributed by atoms with Crippen LogP contribution in [0.15, 0.2) is 65.8 Å². The van der Waals surface area contributed by atoms with Crippen molar-refractivity contribution in [2.75, 3.05) is 19.4 Å². The fraction of sp³-hybridized carbons (Fsp3) is 0.280. The summed E-state index contributed by atoms with van der Waals surface area (Å²) in [4.78, 5) is 17.4. The first-order chi connectivity index (χ1) is 18.6. The largest absolute Gasteiger partial charge is 0.493 e. The number of thioether (sulfide) groups is 1. The highest BCUT2D eigenvalue weighted by molar-refractivity contribution is 8.02. The van der Waals surface area contributed by atoms with Crippen LogP contribution in [0.1, 0.15) is 17.2 Å². The minimum absolute atomic E-state index is 0.0209. The molecule has 8 nitrogen and oxygen atoms in total. The molecule has 0 amide bonds. The summed E-state index contributed by atoms with van der Waals surface area (Å²) in [6.07, 6.45) is 1.69. The summed E-state index contributed by atoms with van der Waals surface area (Å²) in [5, 5.41) is -0.710. The lowest BCUT2D eigenvalue weighted by atomic mass is 10.0. The van der Waals surface area contributed by atoms with E-state index in [0.717, 1.165) is 16.1 Å². The quantitative estimate of drug-likeness (QED) is 0.271. The number of ether oxygens (including phenoxy) is 3. The molecule has 2 heterocycles. The SMILES string of the molecule is COc1cc([C@H](Cc2c(Cl)cncc2Cl)OC(=O)[C@@H]2SCCN2S(=O)(=O)c2ccccc2)ccc1OC(F)F. The van der Waals surface area contributed by atoms with Crippen LogP contribution in [-0.4, -0.2) is 55.1 Å². The maximum absolute atomic E-state index is 13.5. The number of methoxy groups -OCH3 is 1. The molecule has 1 fully saturated rings. The van der Waals surface area contributed by atoms with E-state index in [-0.39, 0.29) is 39.4 Å². The summed E-state index contributed by atoms with van der Waals surface area (Å²) < 4.78 is 68.9. The fourth-order valence-corrected chi connectivity index (χ4v) is 7.52. The Morgan fingerprint density at radius 2 is 1.82 bits per heavy atom. The minimum atomic E-state index is -3.98. The molecule has 2 atom stereocenters. The Bertz CT molecular complexity index is 1410. The van der Waals surface area contributed by atoms with E-state index < -0.39 is 34.1 Å². The first kappa shape index (κ1) is 29.3. The van der Waals surface area contributed by atoms with E-state index in [2.05, 4.69) is 9.72 Å². The third kappa shape index (κ3) is 6.75. The smallest absolute Gasteiger partial charge is 0.387 e. The molecule has 0 N–H and O–H groups in total. The van der Waals surface area contributed by atoms with Crippen LogP contribution in [-0.2, 0) is 26.0 Å². The molecule has 2 aromatic carbocycles. The summed E-state index contributed by atoms with van der Waals surface area (Å²) in [6.45, 7) is -2.97. The van der Waals surface area contributed by atoms with Gasteiger partial charge in [-0.2, -0.15) is 13.1 Å². The molecule has 39 heavy (non-hydrogen) atoms. The molecule has 0 bridgehead atoms. The normalized spacial score (nSPS) is 16.7. The van der Waals surface area contributed by atoms with E-state index in [1.54, 1.807) is 18.2 Å². The Labute approximate surface area is 238 Å². The number of nitrogens with zero attached hydrogens (tertiary/aromatic N) is 2. The summed E-state index contributed by atoms with van der Waals surface area (Å²) in [5.41, 5.74) is 0.775. The highest BCUT2D eigenvalue weighted by atomic mass is 35.5. The second kappa shape index (κ2) is 12.7. The molecule has 1 aliphatic rings. The van der Waals surface area contributed by atoms with Crippen molar-refractivity contribution in [2.24, 2.45) is 0 Å². The number of aromatic nitrogens is 1. The lowest BCUT2D eigenvalue weighted by Gasteiger charge is -2.26. The van der Waals surface area contributed by atoms with E-state index in [4.69, 9.17) is 32.7 Å². The van der Waals surface area contributed by atoms with Gasteiger partial charge in [0.15, 0.2) is 16.9 Å². The number of halogens is 4. The molecule has 0 unspecified atom stereocenters. The first-order valence-corrected chi connectivity index (χ1v) is 14.7. The predicted molar refractivity (Wildman–Crippen MR) is 143 cm³/mol. The van der Waals surface area contributed by atoms with Gasteiger partial charge in [0.05, 0.1) is 22.1 Å². The van der Waals surface area contributed by atoms with Crippen molar-refractivity contribution >= 4 is 51.0 Å². The van der Waals surface area contributed by atoms with Crippen LogP contribution in [0.3, 0.4) is 0 Å². The summed E-state index contributed by atoms with van der Waals surface area (Å²) >= 11 is 13.7. The zero-order valence-corrected chi connectivity index (χ0v) is 23.4. The molecule has 0 saturated carbocycles. The Morgan fingerprint density at radius 3 is 2.46 bits per heavy atom. The summed E-state index contributed by atoms with van der Waals surface area (Å²) in [6, 6.07) is 11.9. The lowest BCUT2D eigenvalue weighted by molar-refractivity contribution is -0.150. The van der Waals surface area contributed by atoms with Crippen LogP contribution in [0.5, 0.6) is 11.5 Å². The average molecular weight is 619 g/mol. The number of hydrogen-bond donors (Lipinski definition) is 0. The Hall–Kier alpha value is -2.64. The molecular formula is C25H22Cl2F2N2O6S2. The van der Waals surface area contributed by atoms with Gasteiger partial charge in [0, 0.05) is 31.1 Å². The second-order valence-corrected chi connectivity index (χ2v) is 12.0. The van der Waals surface area contributed by atoms with E-state index in [9.17, 15) is 22.0 Å². The molecule has 14 heteroatoms. The van der Waals surface area contributed by atoms with Gasteiger partial charge in [0.1, 0.15) is 6.10 Å². The highest BCUT2D eigenvalue weighted by Gasteiger charge is 2.42. The van der Waals surface area contributed by atoms with E-state index in [0.29, 0.717) is 16.9 Å². The van der Waals surface area contributed by atoms with Gasteiger partial charge in [-0.05, 0) is 35.4 Å².